The Hall–Kier alpha value is -1.65. The van der Waals surface area contributed by atoms with Gasteiger partial charge < -0.3 is 10.6 Å². The maximum Gasteiger partial charge on any atom is 0.193 e. The van der Waals surface area contributed by atoms with Crippen molar-refractivity contribution in [2.75, 3.05) is 19.6 Å². The number of imidazole rings is 1. The molecule has 0 radical (unpaired) electrons. The van der Waals surface area contributed by atoms with Crippen molar-refractivity contribution in [2.24, 2.45) is 4.99 Å². The number of nitrogens with one attached hydrogen (secondary N) is 2. The highest BCUT2D eigenvalue weighted by Gasteiger charge is 2.11. The molecule has 1 aliphatic rings. The van der Waals surface area contributed by atoms with Gasteiger partial charge in [0.05, 0.1) is 18.8 Å². The zero-order chi connectivity index (χ0) is 19.2. The first kappa shape index (κ1) is 22.0. The molecule has 3 aromatic rings. The second-order valence-electron chi connectivity index (χ2n) is 7.17. The number of nitrogens with zero attached hydrogens (tertiary/aromatic N) is 4. The van der Waals surface area contributed by atoms with Crippen molar-refractivity contribution in [3.05, 3.63) is 58.9 Å². The first-order valence-corrected chi connectivity index (χ1v) is 10.9. The Balaban J connectivity index is 0.00000240. The molecule has 0 spiro atoms. The molecule has 1 aliphatic heterocycles. The minimum atomic E-state index is 0. The van der Waals surface area contributed by atoms with E-state index in [-0.39, 0.29) is 24.0 Å². The van der Waals surface area contributed by atoms with Crippen molar-refractivity contribution in [2.45, 2.75) is 39.4 Å². The monoisotopic (exact) mass is 524 g/mol. The molecule has 0 bridgehead atoms. The number of aromatic nitrogens is 2. The summed E-state index contributed by atoms with van der Waals surface area (Å²) in [5.41, 5.74) is 3.63. The van der Waals surface area contributed by atoms with E-state index < -0.39 is 0 Å². The number of rotatable bonds is 7. The van der Waals surface area contributed by atoms with Crippen molar-refractivity contribution in [1.29, 1.82) is 0 Å². The summed E-state index contributed by atoms with van der Waals surface area (Å²) in [6.07, 6.45) is 6.76. The van der Waals surface area contributed by atoms with Crippen molar-refractivity contribution >= 4 is 46.2 Å². The van der Waals surface area contributed by atoms with Crippen molar-refractivity contribution < 1.29 is 0 Å². The van der Waals surface area contributed by atoms with Crippen LogP contribution in [0.15, 0.2) is 47.0 Å². The predicted octanol–water partition coefficient (Wildman–Crippen LogP) is 3.86. The molecular formula is C21H29IN6S. The van der Waals surface area contributed by atoms with Crippen LogP contribution in [0.5, 0.6) is 0 Å². The SMILES string of the molecule is CCNC(=NCc1ccc(CN2CCCC2)cc1)NCc1cn2ccsc2n1.I. The summed E-state index contributed by atoms with van der Waals surface area (Å²) in [5, 5.41) is 8.73. The number of hydrogen-bond acceptors (Lipinski definition) is 4. The Bertz CT molecular complexity index is 882. The van der Waals surface area contributed by atoms with Crippen LogP contribution in [0.2, 0.25) is 0 Å². The molecule has 0 atom stereocenters. The number of benzene rings is 1. The Morgan fingerprint density at radius 2 is 1.90 bits per heavy atom. The lowest BCUT2D eigenvalue weighted by atomic mass is 10.1. The van der Waals surface area contributed by atoms with Gasteiger partial charge in [0.1, 0.15) is 0 Å². The molecule has 1 aromatic carbocycles. The van der Waals surface area contributed by atoms with Gasteiger partial charge in [0.15, 0.2) is 10.9 Å². The molecule has 156 valence electrons. The van der Waals surface area contributed by atoms with Gasteiger partial charge in [-0.05, 0) is 44.0 Å². The minimum absolute atomic E-state index is 0. The molecule has 6 nitrogen and oxygen atoms in total. The smallest absolute Gasteiger partial charge is 0.193 e. The summed E-state index contributed by atoms with van der Waals surface area (Å²) in [6.45, 7) is 7.77. The van der Waals surface area contributed by atoms with E-state index >= 15 is 0 Å². The van der Waals surface area contributed by atoms with Gasteiger partial charge in [-0.2, -0.15) is 0 Å². The van der Waals surface area contributed by atoms with Crippen molar-refractivity contribution in [1.82, 2.24) is 24.9 Å². The number of likely N-dealkylation sites (tertiary alicyclic amines) is 1. The molecule has 4 rings (SSSR count). The van der Waals surface area contributed by atoms with E-state index in [4.69, 9.17) is 4.99 Å². The molecular weight excluding hydrogens is 495 g/mol. The Morgan fingerprint density at radius 3 is 2.62 bits per heavy atom. The summed E-state index contributed by atoms with van der Waals surface area (Å²) in [5.74, 6) is 0.819. The van der Waals surface area contributed by atoms with Crippen LogP contribution in [0, 0.1) is 0 Å². The van der Waals surface area contributed by atoms with Gasteiger partial charge in [-0.3, -0.25) is 9.30 Å². The fourth-order valence-electron chi connectivity index (χ4n) is 3.50. The molecule has 2 aromatic heterocycles. The van der Waals surface area contributed by atoms with E-state index in [0.29, 0.717) is 13.1 Å². The van der Waals surface area contributed by atoms with Crippen LogP contribution in [0.3, 0.4) is 0 Å². The normalized spacial score (nSPS) is 14.9. The summed E-state index contributed by atoms with van der Waals surface area (Å²) in [4.78, 5) is 12.9. The zero-order valence-corrected chi connectivity index (χ0v) is 20.0. The van der Waals surface area contributed by atoms with Crippen LogP contribution < -0.4 is 10.6 Å². The molecule has 0 aliphatic carbocycles. The number of hydrogen-bond donors (Lipinski definition) is 2. The lowest BCUT2D eigenvalue weighted by Crippen LogP contribution is -2.36. The first-order chi connectivity index (χ1) is 13.8. The highest BCUT2D eigenvalue weighted by Crippen LogP contribution is 2.14. The largest absolute Gasteiger partial charge is 0.357 e. The number of halogens is 1. The minimum Gasteiger partial charge on any atom is -0.357 e. The molecule has 0 unspecified atom stereocenters. The third kappa shape index (κ3) is 6.16. The standard InChI is InChI=1S/C21H28N6S.HI/c1-2-22-20(24-14-19-16-27-11-12-28-21(27)25-19)23-13-17-5-7-18(8-6-17)15-26-9-3-4-10-26;/h5-8,11-12,16H,2-4,9-10,13-15H2,1H3,(H2,22,23,24);1H. The third-order valence-electron chi connectivity index (χ3n) is 4.97. The van der Waals surface area contributed by atoms with E-state index in [1.165, 1.54) is 37.1 Å². The van der Waals surface area contributed by atoms with Gasteiger partial charge in [-0.1, -0.05) is 24.3 Å². The van der Waals surface area contributed by atoms with Gasteiger partial charge in [-0.15, -0.1) is 35.3 Å². The van der Waals surface area contributed by atoms with E-state index in [1.54, 1.807) is 11.3 Å². The lowest BCUT2D eigenvalue weighted by Gasteiger charge is -2.14. The summed E-state index contributed by atoms with van der Waals surface area (Å²) in [6, 6.07) is 8.87. The van der Waals surface area contributed by atoms with Gasteiger partial charge in [0.25, 0.3) is 0 Å². The highest BCUT2D eigenvalue weighted by molar-refractivity contribution is 14.0. The third-order valence-corrected chi connectivity index (χ3v) is 5.74. The average Bonchev–Trinajstić information content (AvgIpc) is 3.43. The number of fused-ring (bicyclic) bond motifs is 1. The van der Waals surface area contributed by atoms with Crippen LogP contribution in [0.25, 0.3) is 4.96 Å². The lowest BCUT2D eigenvalue weighted by molar-refractivity contribution is 0.331. The maximum atomic E-state index is 4.73. The van der Waals surface area contributed by atoms with Crippen LogP contribution in [0.4, 0.5) is 0 Å². The second-order valence-corrected chi connectivity index (χ2v) is 8.05. The summed E-state index contributed by atoms with van der Waals surface area (Å²) < 4.78 is 2.05. The molecule has 29 heavy (non-hydrogen) atoms. The molecule has 1 fully saturated rings. The fourth-order valence-corrected chi connectivity index (χ4v) is 4.22. The van der Waals surface area contributed by atoms with Crippen LogP contribution in [-0.2, 0) is 19.6 Å². The van der Waals surface area contributed by atoms with Crippen LogP contribution >= 0.6 is 35.3 Å². The van der Waals surface area contributed by atoms with Gasteiger partial charge in [0.2, 0.25) is 0 Å². The predicted molar refractivity (Wildman–Crippen MR) is 131 cm³/mol. The average molecular weight is 524 g/mol. The van der Waals surface area contributed by atoms with Crippen LogP contribution in [0.1, 0.15) is 36.6 Å². The quantitative estimate of drug-likeness (QED) is 0.280. The van der Waals surface area contributed by atoms with Crippen molar-refractivity contribution in [3.63, 3.8) is 0 Å². The summed E-state index contributed by atoms with van der Waals surface area (Å²) >= 11 is 1.65. The van der Waals surface area contributed by atoms with Crippen molar-refractivity contribution in [3.8, 4) is 0 Å². The first-order valence-electron chi connectivity index (χ1n) is 10.0. The van der Waals surface area contributed by atoms with Gasteiger partial charge >= 0.3 is 0 Å². The number of guanidine groups is 1. The van der Waals surface area contributed by atoms with Gasteiger partial charge in [-0.25, -0.2) is 9.98 Å². The zero-order valence-electron chi connectivity index (χ0n) is 16.8. The molecule has 1 saturated heterocycles. The van der Waals surface area contributed by atoms with E-state index in [1.807, 2.05) is 11.6 Å². The topological polar surface area (TPSA) is 57.0 Å². The molecule has 3 heterocycles. The number of thiazole rings is 1. The van der Waals surface area contributed by atoms with Gasteiger partial charge in [0, 0.05) is 30.9 Å². The molecule has 0 amide bonds. The summed E-state index contributed by atoms with van der Waals surface area (Å²) in [7, 11) is 0. The van der Waals surface area contributed by atoms with E-state index in [9.17, 15) is 0 Å². The number of aliphatic imine (C=N–C) groups is 1. The Labute approximate surface area is 193 Å². The second kappa shape index (κ2) is 10.9. The maximum absolute atomic E-state index is 4.73. The molecule has 8 heteroatoms. The van der Waals surface area contributed by atoms with E-state index in [0.717, 1.165) is 29.7 Å². The highest BCUT2D eigenvalue weighted by atomic mass is 127. The van der Waals surface area contributed by atoms with Crippen LogP contribution in [-0.4, -0.2) is 39.9 Å². The fraction of sp³-hybridized carbons (Fsp3) is 0.429. The Morgan fingerprint density at radius 1 is 1.14 bits per heavy atom. The Kier molecular flexibility index (Phi) is 8.31. The van der Waals surface area contributed by atoms with E-state index in [2.05, 4.69) is 62.3 Å². The molecule has 2 N–H and O–H groups in total. The molecule has 0 saturated carbocycles.